The topological polar surface area (TPSA) is 23.5 Å². The zero-order valence-corrected chi connectivity index (χ0v) is 14.0. The fourth-order valence-electron chi connectivity index (χ4n) is 2.07. The second-order valence-corrected chi connectivity index (χ2v) is 6.85. The average molecular weight is 298 g/mol. The summed E-state index contributed by atoms with van der Waals surface area (Å²) in [7, 11) is 0. The second kappa shape index (κ2) is 8.53. The number of aromatic hydroxyl groups is 1. The molecule has 0 aliphatic carbocycles. The van der Waals surface area contributed by atoms with E-state index in [0.717, 1.165) is 25.2 Å². The number of benzene rings is 1. The van der Waals surface area contributed by atoms with Gasteiger partial charge >= 0.3 is 0 Å². The molecule has 1 N–H and O–H groups in total. The Balaban J connectivity index is 2.68. The lowest BCUT2D eigenvalue weighted by Crippen LogP contribution is -2.27. The van der Waals surface area contributed by atoms with Gasteiger partial charge in [-0.1, -0.05) is 39.3 Å². The Morgan fingerprint density at radius 2 is 1.60 bits per heavy atom. The average Bonchev–Trinajstić information content (AvgIpc) is 2.36. The third-order valence-electron chi connectivity index (χ3n) is 3.48. The molecule has 0 heterocycles. The van der Waals surface area contributed by atoms with Crippen molar-refractivity contribution < 1.29 is 5.11 Å². The summed E-state index contributed by atoms with van der Waals surface area (Å²) in [6.07, 6.45) is 2.36. The van der Waals surface area contributed by atoms with E-state index in [0.29, 0.717) is 22.6 Å². The van der Waals surface area contributed by atoms with Crippen molar-refractivity contribution in [1.29, 1.82) is 0 Å². The van der Waals surface area contributed by atoms with Crippen LogP contribution >= 0.6 is 11.6 Å². The molecule has 1 aromatic rings. The van der Waals surface area contributed by atoms with Crippen molar-refractivity contribution >= 4 is 11.6 Å². The van der Waals surface area contributed by atoms with Crippen LogP contribution in [-0.4, -0.2) is 23.1 Å². The fraction of sp³-hybridized carbons (Fsp3) is 0.647. The molecule has 0 unspecified atom stereocenters. The van der Waals surface area contributed by atoms with Gasteiger partial charge in [0.1, 0.15) is 5.75 Å². The first-order chi connectivity index (χ1) is 9.38. The summed E-state index contributed by atoms with van der Waals surface area (Å²) in [5.41, 5.74) is 0.921. The van der Waals surface area contributed by atoms with Gasteiger partial charge in [0.05, 0.1) is 0 Å². The van der Waals surface area contributed by atoms with Gasteiger partial charge in [-0.05, 0) is 56.0 Å². The summed E-state index contributed by atoms with van der Waals surface area (Å²) >= 11 is 6.03. The molecule has 0 spiro atoms. The Morgan fingerprint density at radius 1 is 1.05 bits per heavy atom. The summed E-state index contributed by atoms with van der Waals surface area (Å²) in [5.74, 6) is 1.74. The SMILES string of the molecule is CC(C)CCN(CCC(C)C)Cc1cc(Cl)ccc1O. The minimum absolute atomic E-state index is 0.341. The summed E-state index contributed by atoms with van der Waals surface area (Å²) in [6, 6.07) is 5.28. The third-order valence-corrected chi connectivity index (χ3v) is 3.72. The quantitative estimate of drug-likeness (QED) is 0.734. The summed E-state index contributed by atoms with van der Waals surface area (Å²) in [5, 5.41) is 10.6. The molecule has 0 radical (unpaired) electrons. The molecule has 0 aromatic heterocycles. The highest BCUT2D eigenvalue weighted by Gasteiger charge is 2.11. The van der Waals surface area contributed by atoms with Gasteiger partial charge in [-0.25, -0.2) is 0 Å². The monoisotopic (exact) mass is 297 g/mol. The van der Waals surface area contributed by atoms with E-state index in [9.17, 15) is 5.11 Å². The smallest absolute Gasteiger partial charge is 0.120 e. The molecule has 20 heavy (non-hydrogen) atoms. The summed E-state index contributed by atoms with van der Waals surface area (Å²) in [6.45, 7) is 11.9. The number of rotatable bonds is 8. The van der Waals surface area contributed by atoms with Gasteiger partial charge in [0.2, 0.25) is 0 Å². The van der Waals surface area contributed by atoms with Crippen molar-refractivity contribution in [2.45, 2.75) is 47.1 Å². The van der Waals surface area contributed by atoms with E-state index in [1.165, 1.54) is 12.8 Å². The molecule has 0 bridgehead atoms. The Bertz CT molecular complexity index is 392. The van der Waals surface area contributed by atoms with Crippen LogP contribution in [0.15, 0.2) is 18.2 Å². The number of phenolic OH excluding ortho intramolecular Hbond substituents is 1. The molecule has 2 nitrogen and oxygen atoms in total. The first-order valence-corrected chi connectivity index (χ1v) is 7.96. The van der Waals surface area contributed by atoms with Crippen LogP contribution in [0.25, 0.3) is 0 Å². The normalized spacial score (nSPS) is 11.8. The predicted molar refractivity (Wildman–Crippen MR) is 87.3 cm³/mol. The highest BCUT2D eigenvalue weighted by Crippen LogP contribution is 2.23. The van der Waals surface area contributed by atoms with Gasteiger partial charge in [0.15, 0.2) is 0 Å². The summed E-state index contributed by atoms with van der Waals surface area (Å²) in [4.78, 5) is 2.42. The minimum atomic E-state index is 0.341. The number of phenols is 1. The molecule has 0 aliphatic heterocycles. The van der Waals surface area contributed by atoms with Gasteiger partial charge in [-0.15, -0.1) is 0 Å². The van der Waals surface area contributed by atoms with Crippen molar-refractivity contribution in [3.63, 3.8) is 0 Å². The van der Waals surface area contributed by atoms with Crippen LogP contribution in [0.4, 0.5) is 0 Å². The molecule has 0 amide bonds. The highest BCUT2D eigenvalue weighted by molar-refractivity contribution is 6.30. The maximum Gasteiger partial charge on any atom is 0.120 e. The molecule has 0 saturated heterocycles. The third kappa shape index (κ3) is 6.62. The fourth-order valence-corrected chi connectivity index (χ4v) is 2.27. The summed E-state index contributed by atoms with van der Waals surface area (Å²) < 4.78 is 0. The van der Waals surface area contributed by atoms with E-state index in [2.05, 4.69) is 32.6 Å². The lowest BCUT2D eigenvalue weighted by atomic mass is 10.1. The number of hydrogen-bond acceptors (Lipinski definition) is 2. The Morgan fingerprint density at radius 3 is 2.10 bits per heavy atom. The highest BCUT2D eigenvalue weighted by atomic mass is 35.5. The van der Waals surface area contributed by atoms with Crippen LogP contribution in [0.3, 0.4) is 0 Å². The zero-order valence-electron chi connectivity index (χ0n) is 13.2. The molecule has 3 heteroatoms. The van der Waals surface area contributed by atoms with Gasteiger partial charge < -0.3 is 5.11 Å². The van der Waals surface area contributed by atoms with Crippen molar-refractivity contribution in [1.82, 2.24) is 4.90 Å². The lowest BCUT2D eigenvalue weighted by molar-refractivity contribution is 0.233. The van der Waals surface area contributed by atoms with Gasteiger partial charge in [0, 0.05) is 17.1 Å². The van der Waals surface area contributed by atoms with Gasteiger partial charge in [0.25, 0.3) is 0 Å². The minimum Gasteiger partial charge on any atom is -0.508 e. The standard InChI is InChI=1S/C17H28ClNO/c1-13(2)7-9-19(10-8-14(3)4)12-15-11-16(18)5-6-17(15)20/h5-6,11,13-14,20H,7-10,12H2,1-4H3. The Hall–Kier alpha value is -0.730. The zero-order chi connectivity index (χ0) is 15.1. The Labute approximate surface area is 128 Å². The molecule has 0 fully saturated rings. The van der Waals surface area contributed by atoms with Crippen molar-refractivity contribution in [2.75, 3.05) is 13.1 Å². The van der Waals surface area contributed by atoms with E-state index in [1.807, 2.05) is 6.07 Å². The van der Waals surface area contributed by atoms with Gasteiger partial charge in [-0.3, -0.25) is 4.90 Å². The molecule has 1 rings (SSSR count). The van der Waals surface area contributed by atoms with Crippen molar-refractivity contribution in [3.05, 3.63) is 28.8 Å². The van der Waals surface area contributed by atoms with Crippen LogP contribution in [0.2, 0.25) is 5.02 Å². The Kier molecular flexibility index (Phi) is 7.39. The van der Waals surface area contributed by atoms with Crippen LogP contribution < -0.4 is 0 Å². The molecule has 0 aliphatic rings. The predicted octanol–water partition coefficient (Wildman–Crippen LogP) is 4.94. The first kappa shape index (κ1) is 17.3. The van der Waals surface area contributed by atoms with Crippen LogP contribution in [0.5, 0.6) is 5.75 Å². The lowest BCUT2D eigenvalue weighted by Gasteiger charge is -2.24. The first-order valence-electron chi connectivity index (χ1n) is 7.58. The second-order valence-electron chi connectivity index (χ2n) is 6.41. The number of nitrogens with zero attached hydrogens (tertiary/aromatic N) is 1. The van der Waals surface area contributed by atoms with E-state index in [-0.39, 0.29) is 0 Å². The molecule has 1 aromatic carbocycles. The number of hydrogen-bond donors (Lipinski definition) is 1. The molecular weight excluding hydrogens is 270 g/mol. The van der Waals surface area contributed by atoms with E-state index >= 15 is 0 Å². The molecule has 0 saturated carbocycles. The molecule has 114 valence electrons. The maximum absolute atomic E-state index is 9.95. The van der Waals surface area contributed by atoms with Crippen LogP contribution in [-0.2, 0) is 6.54 Å². The van der Waals surface area contributed by atoms with E-state index in [4.69, 9.17) is 11.6 Å². The largest absolute Gasteiger partial charge is 0.508 e. The molecular formula is C17H28ClNO. The van der Waals surface area contributed by atoms with Crippen LogP contribution in [0.1, 0.15) is 46.1 Å². The number of halogens is 1. The van der Waals surface area contributed by atoms with E-state index < -0.39 is 0 Å². The molecule has 0 atom stereocenters. The van der Waals surface area contributed by atoms with Crippen molar-refractivity contribution in [3.8, 4) is 5.75 Å². The van der Waals surface area contributed by atoms with Crippen molar-refractivity contribution in [2.24, 2.45) is 11.8 Å². The maximum atomic E-state index is 9.95. The van der Waals surface area contributed by atoms with E-state index in [1.54, 1.807) is 12.1 Å². The van der Waals surface area contributed by atoms with Gasteiger partial charge in [-0.2, -0.15) is 0 Å². The van der Waals surface area contributed by atoms with Crippen LogP contribution in [0, 0.1) is 11.8 Å².